The van der Waals surface area contributed by atoms with Crippen molar-refractivity contribution >= 4 is 22.6 Å². The maximum atomic E-state index is 8.11. The van der Waals surface area contributed by atoms with E-state index < -0.39 is 0 Å². The van der Waals surface area contributed by atoms with E-state index in [9.17, 15) is 0 Å². The van der Waals surface area contributed by atoms with E-state index >= 15 is 0 Å². The third-order valence-corrected chi connectivity index (χ3v) is 5.56. The van der Waals surface area contributed by atoms with Gasteiger partial charge in [-0.3, -0.25) is 5.41 Å². The lowest BCUT2D eigenvalue weighted by molar-refractivity contribution is 0.294. The zero-order chi connectivity index (χ0) is 21.3. The molecule has 3 rings (SSSR count). The van der Waals surface area contributed by atoms with E-state index in [0.717, 1.165) is 12.0 Å². The van der Waals surface area contributed by atoms with Gasteiger partial charge in [0.05, 0.1) is 19.9 Å². The Bertz CT molecular complexity index is 1070. The van der Waals surface area contributed by atoms with Gasteiger partial charge in [0.2, 0.25) is 0 Å². The second-order valence-electron chi connectivity index (χ2n) is 7.99. The summed E-state index contributed by atoms with van der Waals surface area (Å²) in [4.78, 5) is 0. The summed E-state index contributed by atoms with van der Waals surface area (Å²) < 4.78 is 11.0. The molecule has 0 amide bonds. The molecule has 0 radical (unpaired) electrons. The van der Waals surface area contributed by atoms with Gasteiger partial charge in [0.25, 0.3) is 0 Å². The minimum Gasteiger partial charge on any atom is -0.496 e. The van der Waals surface area contributed by atoms with E-state index in [1.807, 2.05) is 6.08 Å². The van der Waals surface area contributed by atoms with Crippen LogP contribution in [0.15, 0.2) is 47.4 Å². The molecule has 29 heavy (non-hydrogen) atoms. The lowest BCUT2D eigenvalue weighted by atomic mass is 9.84. The first-order valence-electron chi connectivity index (χ1n) is 10.2. The molecule has 0 saturated carbocycles. The van der Waals surface area contributed by atoms with Gasteiger partial charge in [0.15, 0.2) is 0 Å². The summed E-state index contributed by atoms with van der Waals surface area (Å²) >= 11 is 0. The summed E-state index contributed by atoms with van der Waals surface area (Å²) in [6.45, 7) is 11.1. The zero-order valence-corrected chi connectivity index (χ0v) is 18.6. The molecular formula is C26H31NO2. The molecule has 3 heteroatoms. The summed E-state index contributed by atoms with van der Waals surface area (Å²) in [5, 5.41) is 10.8. The van der Waals surface area contributed by atoms with Crippen LogP contribution >= 0.6 is 0 Å². The number of allylic oxidation sites excluding steroid dienone is 2. The third kappa shape index (κ3) is 3.87. The van der Waals surface area contributed by atoms with Gasteiger partial charge in [0.1, 0.15) is 11.5 Å². The van der Waals surface area contributed by atoms with Crippen LogP contribution in [0.5, 0.6) is 0 Å². The minimum absolute atomic E-state index is 0.324. The zero-order valence-electron chi connectivity index (χ0n) is 18.6. The molecule has 0 aliphatic heterocycles. The second-order valence-corrected chi connectivity index (χ2v) is 7.99. The molecule has 0 spiro atoms. The lowest BCUT2D eigenvalue weighted by Crippen LogP contribution is -2.09. The Hall–Kier alpha value is -2.81. The minimum atomic E-state index is 0.324. The van der Waals surface area contributed by atoms with Crippen LogP contribution in [0, 0.1) is 19.3 Å². The Balaban J connectivity index is 2.36. The van der Waals surface area contributed by atoms with E-state index in [-0.39, 0.29) is 0 Å². The normalized spacial score (nSPS) is 15.7. The number of benzene rings is 2. The highest BCUT2D eigenvalue weighted by Gasteiger charge is 2.20. The average molecular weight is 390 g/mol. The molecule has 1 aliphatic rings. The summed E-state index contributed by atoms with van der Waals surface area (Å²) in [6, 6.07) is 6.89. The number of methoxy groups -OCH3 is 2. The fraction of sp³-hybridized carbons (Fsp3) is 0.346. The number of rotatable bonds is 5. The number of hydrogen-bond donors (Lipinski definition) is 1. The number of fused-ring (bicyclic) bond motifs is 1. The van der Waals surface area contributed by atoms with Crippen molar-refractivity contribution in [2.75, 3.05) is 14.2 Å². The molecule has 0 saturated heterocycles. The first-order chi connectivity index (χ1) is 13.8. The van der Waals surface area contributed by atoms with Crippen molar-refractivity contribution in [1.29, 1.82) is 5.41 Å². The van der Waals surface area contributed by atoms with Crippen molar-refractivity contribution in [3.05, 3.63) is 75.3 Å². The van der Waals surface area contributed by atoms with Crippen LogP contribution in [0.25, 0.3) is 16.8 Å². The first-order valence-corrected chi connectivity index (χ1v) is 10.2. The highest BCUT2D eigenvalue weighted by atomic mass is 16.5. The van der Waals surface area contributed by atoms with Crippen LogP contribution in [-0.2, 0) is 15.9 Å². The van der Waals surface area contributed by atoms with Gasteiger partial charge < -0.3 is 9.47 Å². The quantitative estimate of drug-likeness (QED) is 0.624. The highest BCUT2D eigenvalue weighted by molar-refractivity contribution is 6.07. The topological polar surface area (TPSA) is 42.3 Å². The van der Waals surface area contributed by atoms with Gasteiger partial charge in [-0.25, -0.2) is 0 Å². The van der Waals surface area contributed by atoms with Crippen molar-refractivity contribution in [1.82, 2.24) is 0 Å². The molecule has 1 aliphatic carbocycles. The van der Waals surface area contributed by atoms with Crippen LogP contribution < -0.4 is 0 Å². The van der Waals surface area contributed by atoms with E-state index in [0.29, 0.717) is 23.1 Å². The molecule has 2 aromatic carbocycles. The third-order valence-electron chi connectivity index (χ3n) is 5.56. The van der Waals surface area contributed by atoms with Crippen molar-refractivity contribution in [3.63, 3.8) is 0 Å². The van der Waals surface area contributed by atoms with Crippen molar-refractivity contribution < 1.29 is 9.47 Å². The van der Waals surface area contributed by atoms with E-state index in [1.165, 1.54) is 38.6 Å². The Labute approximate surface area is 174 Å². The molecule has 0 bridgehead atoms. The predicted octanol–water partition coefficient (Wildman–Crippen LogP) is 6.62. The summed E-state index contributed by atoms with van der Waals surface area (Å²) in [7, 11) is 3.24. The number of nitrogens with one attached hydrogen (secondary N) is 1. The largest absolute Gasteiger partial charge is 0.496 e. The lowest BCUT2D eigenvalue weighted by Gasteiger charge is -2.22. The Kier molecular flexibility index (Phi) is 5.97. The molecule has 0 fully saturated rings. The van der Waals surface area contributed by atoms with Gasteiger partial charge in [0, 0.05) is 11.6 Å². The van der Waals surface area contributed by atoms with Crippen LogP contribution in [0.1, 0.15) is 54.5 Å². The van der Waals surface area contributed by atoms with Gasteiger partial charge in [-0.05, 0) is 71.4 Å². The Morgan fingerprint density at radius 2 is 1.69 bits per heavy atom. The van der Waals surface area contributed by atoms with E-state index in [2.05, 4.69) is 58.9 Å². The van der Waals surface area contributed by atoms with E-state index in [4.69, 9.17) is 14.9 Å². The summed E-state index contributed by atoms with van der Waals surface area (Å²) in [5.74, 6) is 1.61. The SMILES string of the molecule is CCc1cc(C)cc2cc(C)c(C=C3C=C(OC)C(=N)C=C3OC)c(C(C)C)c12. The average Bonchev–Trinajstić information content (AvgIpc) is 2.68. The first kappa shape index (κ1) is 20.9. The highest BCUT2D eigenvalue weighted by Crippen LogP contribution is 2.37. The van der Waals surface area contributed by atoms with Crippen molar-refractivity contribution in [2.45, 2.75) is 47.0 Å². The van der Waals surface area contributed by atoms with Crippen molar-refractivity contribution in [2.24, 2.45) is 0 Å². The molecule has 0 heterocycles. The summed E-state index contributed by atoms with van der Waals surface area (Å²) in [6.07, 6.45) is 6.80. The smallest absolute Gasteiger partial charge is 0.144 e. The number of hydrogen-bond acceptors (Lipinski definition) is 3. The molecule has 0 unspecified atom stereocenters. The van der Waals surface area contributed by atoms with Gasteiger partial charge in [-0.15, -0.1) is 0 Å². The van der Waals surface area contributed by atoms with Crippen LogP contribution in [-0.4, -0.2) is 19.9 Å². The fourth-order valence-electron chi connectivity index (χ4n) is 4.25. The summed E-state index contributed by atoms with van der Waals surface area (Å²) in [5.41, 5.74) is 7.78. The Morgan fingerprint density at radius 1 is 1.00 bits per heavy atom. The maximum Gasteiger partial charge on any atom is 0.144 e. The van der Waals surface area contributed by atoms with E-state index in [1.54, 1.807) is 20.3 Å². The van der Waals surface area contributed by atoms with Crippen LogP contribution in [0.4, 0.5) is 0 Å². The molecule has 0 aromatic heterocycles. The van der Waals surface area contributed by atoms with Gasteiger partial charge in [-0.2, -0.15) is 0 Å². The van der Waals surface area contributed by atoms with Crippen LogP contribution in [0.3, 0.4) is 0 Å². The molecule has 152 valence electrons. The number of aryl methyl sites for hydroxylation is 3. The molecule has 2 aromatic rings. The van der Waals surface area contributed by atoms with Crippen LogP contribution in [0.2, 0.25) is 0 Å². The molecular weight excluding hydrogens is 358 g/mol. The molecule has 0 atom stereocenters. The Morgan fingerprint density at radius 3 is 2.28 bits per heavy atom. The maximum absolute atomic E-state index is 8.11. The molecule has 3 nitrogen and oxygen atoms in total. The van der Waals surface area contributed by atoms with Gasteiger partial charge in [-0.1, -0.05) is 44.5 Å². The monoisotopic (exact) mass is 389 g/mol. The molecule has 1 N–H and O–H groups in total. The van der Waals surface area contributed by atoms with Crippen molar-refractivity contribution in [3.8, 4) is 0 Å². The second kappa shape index (κ2) is 8.28. The predicted molar refractivity (Wildman–Crippen MR) is 123 cm³/mol. The number of ether oxygens (including phenoxy) is 2. The van der Waals surface area contributed by atoms with Gasteiger partial charge >= 0.3 is 0 Å². The fourth-order valence-corrected chi connectivity index (χ4v) is 4.25. The standard InChI is InChI=1S/C26H31NO2/c1-8-18-9-16(4)10-20-11-17(5)21(25(15(2)3)26(18)20)12-19-13-24(29-7)22(27)14-23(19)28-6/h9-15,27H,8H2,1-7H3.